The number of hydrogen-bond donors (Lipinski definition) is 2. The highest BCUT2D eigenvalue weighted by Gasteiger charge is 2.66. The van der Waals surface area contributed by atoms with Crippen LogP contribution in [0.25, 0.3) is 0 Å². The Morgan fingerprint density at radius 2 is 1.64 bits per heavy atom. The van der Waals surface area contributed by atoms with Gasteiger partial charge in [0.15, 0.2) is 0 Å². The fourth-order valence-electron chi connectivity index (χ4n) is 4.54. The first kappa shape index (κ1) is 9.17. The summed E-state index contributed by atoms with van der Waals surface area (Å²) >= 11 is 0. The average molecular weight is 196 g/mol. The van der Waals surface area contributed by atoms with Crippen LogP contribution in [0.3, 0.4) is 0 Å². The van der Waals surface area contributed by atoms with E-state index in [1.54, 1.807) is 0 Å². The Morgan fingerprint density at radius 1 is 0.929 bits per heavy atom. The van der Waals surface area contributed by atoms with Gasteiger partial charge in [-0.25, -0.2) is 0 Å². The topological polar surface area (TPSA) is 40.5 Å². The highest BCUT2D eigenvalue weighted by molar-refractivity contribution is 5.16. The summed E-state index contributed by atoms with van der Waals surface area (Å²) in [4.78, 5) is 0. The Bertz CT molecular complexity index is 243. The fourth-order valence-corrected chi connectivity index (χ4v) is 4.54. The van der Waals surface area contributed by atoms with Gasteiger partial charge in [-0.05, 0) is 44.4 Å². The third kappa shape index (κ3) is 0.849. The SMILES string of the molecule is OC1CCCCC23CCC(CC2)C13O. The van der Waals surface area contributed by atoms with E-state index in [1.807, 2.05) is 0 Å². The van der Waals surface area contributed by atoms with E-state index in [-0.39, 0.29) is 5.41 Å². The molecule has 0 radical (unpaired) electrons. The molecule has 3 aliphatic carbocycles. The molecule has 0 aliphatic heterocycles. The van der Waals surface area contributed by atoms with E-state index in [9.17, 15) is 10.2 Å². The molecule has 2 heteroatoms. The summed E-state index contributed by atoms with van der Waals surface area (Å²) in [5, 5.41) is 20.9. The van der Waals surface area contributed by atoms with Crippen molar-refractivity contribution in [3.05, 3.63) is 0 Å². The van der Waals surface area contributed by atoms with Crippen LogP contribution < -0.4 is 0 Å². The minimum absolute atomic E-state index is 0.105. The summed E-state index contributed by atoms with van der Waals surface area (Å²) in [5.41, 5.74) is -0.600. The largest absolute Gasteiger partial charge is 0.390 e. The minimum atomic E-state index is -0.705. The lowest BCUT2D eigenvalue weighted by molar-refractivity contribution is -0.140. The summed E-state index contributed by atoms with van der Waals surface area (Å²) in [7, 11) is 0. The van der Waals surface area contributed by atoms with Crippen molar-refractivity contribution in [2.24, 2.45) is 11.3 Å². The number of rotatable bonds is 0. The molecule has 2 N–H and O–H groups in total. The van der Waals surface area contributed by atoms with Crippen molar-refractivity contribution in [3.8, 4) is 0 Å². The molecule has 2 nitrogen and oxygen atoms in total. The van der Waals surface area contributed by atoms with Crippen molar-refractivity contribution in [1.82, 2.24) is 0 Å². The Balaban J connectivity index is 2.04. The number of aliphatic hydroxyl groups excluding tert-OH is 1. The molecule has 3 saturated carbocycles. The van der Waals surface area contributed by atoms with Crippen molar-refractivity contribution in [1.29, 1.82) is 0 Å². The zero-order valence-corrected chi connectivity index (χ0v) is 8.71. The van der Waals surface area contributed by atoms with Gasteiger partial charge in [-0.15, -0.1) is 0 Å². The molecule has 0 heterocycles. The summed E-state index contributed by atoms with van der Waals surface area (Å²) < 4.78 is 0. The van der Waals surface area contributed by atoms with Crippen LogP contribution in [-0.4, -0.2) is 21.9 Å². The maximum Gasteiger partial charge on any atom is 0.0989 e. The van der Waals surface area contributed by atoms with E-state index in [2.05, 4.69) is 0 Å². The monoisotopic (exact) mass is 196 g/mol. The van der Waals surface area contributed by atoms with Crippen LogP contribution in [0, 0.1) is 11.3 Å². The first-order valence-electron chi connectivity index (χ1n) is 6.09. The molecule has 14 heavy (non-hydrogen) atoms. The summed E-state index contributed by atoms with van der Waals surface area (Å²) in [6, 6.07) is 0. The lowest BCUT2D eigenvalue weighted by atomic mass is 9.71. The molecule has 80 valence electrons. The molecule has 0 aromatic heterocycles. The van der Waals surface area contributed by atoms with Crippen molar-refractivity contribution in [3.63, 3.8) is 0 Å². The van der Waals surface area contributed by atoms with E-state index >= 15 is 0 Å². The van der Waals surface area contributed by atoms with Gasteiger partial charge in [-0.2, -0.15) is 0 Å². The lowest BCUT2D eigenvalue weighted by Crippen LogP contribution is -2.51. The van der Waals surface area contributed by atoms with Gasteiger partial charge >= 0.3 is 0 Å². The second kappa shape index (κ2) is 2.73. The molecule has 0 aromatic carbocycles. The zero-order valence-electron chi connectivity index (χ0n) is 8.71. The Hall–Kier alpha value is -0.0800. The van der Waals surface area contributed by atoms with Gasteiger partial charge < -0.3 is 10.2 Å². The van der Waals surface area contributed by atoms with Crippen LogP contribution in [0.2, 0.25) is 0 Å². The van der Waals surface area contributed by atoms with Crippen molar-refractivity contribution >= 4 is 0 Å². The maximum absolute atomic E-state index is 10.8. The molecular weight excluding hydrogens is 176 g/mol. The van der Waals surface area contributed by atoms with E-state index < -0.39 is 11.7 Å². The molecule has 3 aliphatic rings. The molecule has 2 bridgehead atoms. The second-order valence-electron chi connectivity index (χ2n) is 5.64. The van der Waals surface area contributed by atoms with Gasteiger partial charge in [0, 0.05) is 5.41 Å². The molecule has 3 fully saturated rings. The predicted molar refractivity (Wildman–Crippen MR) is 53.8 cm³/mol. The van der Waals surface area contributed by atoms with Crippen LogP contribution in [-0.2, 0) is 0 Å². The van der Waals surface area contributed by atoms with Crippen molar-refractivity contribution < 1.29 is 10.2 Å². The van der Waals surface area contributed by atoms with E-state index in [0.717, 1.165) is 44.9 Å². The molecule has 0 aromatic rings. The molecule has 0 amide bonds. The van der Waals surface area contributed by atoms with E-state index in [1.165, 1.54) is 6.42 Å². The van der Waals surface area contributed by atoms with Gasteiger partial charge in [0.25, 0.3) is 0 Å². The first-order chi connectivity index (χ1) is 6.69. The van der Waals surface area contributed by atoms with Crippen LogP contribution >= 0.6 is 0 Å². The quantitative estimate of drug-likeness (QED) is 0.620. The van der Waals surface area contributed by atoms with Gasteiger partial charge in [0.2, 0.25) is 0 Å². The summed E-state index contributed by atoms with van der Waals surface area (Å²) in [6.07, 6.45) is 8.42. The van der Waals surface area contributed by atoms with Crippen LogP contribution in [0.5, 0.6) is 0 Å². The third-order valence-corrected chi connectivity index (χ3v) is 5.31. The maximum atomic E-state index is 10.8. The summed E-state index contributed by atoms with van der Waals surface area (Å²) in [5.74, 6) is 0.399. The standard InChI is InChI=1S/C12H20O2/c13-10-3-1-2-6-11-7-4-9(5-8-11)12(10,11)14/h9-10,13-14H,1-8H2. The molecular formula is C12H20O2. The summed E-state index contributed by atoms with van der Waals surface area (Å²) in [6.45, 7) is 0. The highest BCUT2D eigenvalue weighted by atomic mass is 16.3. The Morgan fingerprint density at radius 3 is 2.36 bits per heavy atom. The van der Waals surface area contributed by atoms with Gasteiger partial charge in [0.1, 0.15) is 0 Å². The number of aliphatic hydroxyl groups is 2. The highest BCUT2D eigenvalue weighted by Crippen LogP contribution is 2.65. The third-order valence-electron chi connectivity index (χ3n) is 5.31. The van der Waals surface area contributed by atoms with Crippen LogP contribution in [0.15, 0.2) is 0 Å². The second-order valence-corrected chi connectivity index (χ2v) is 5.64. The molecule has 2 unspecified atom stereocenters. The first-order valence-corrected chi connectivity index (χ1v) is 6.09. The van der Waals surface area contributed by atoms with Gasteiger partial charge in [-0.3, -0.25) is 0 Å². The Kier molecular flexibility index (Phi) is 1.79. The normalized spacial score (nSPS) is 57.0. The van der Waals surface area contributed by atoms with Crippen molar-refractivity contribution in [2.45, 2.75) is 63.1 Å². The molecule has 2 atom stereocenters. The molecule has 0 saturated heterocycles. The van der Waals surface area contributed by atoms with Gasteiger partial charge in [0.05, 0.1) is 11.7 Å². The zero-order chi connectivity index (χ0) is 9.81. The Labute approximate surface area is 85.3 Å². The molecule has 0 spiro atoms. The minimum Gasteiger partial charge on any atom is -0.390 e. The average Bonchev–Trinajstić information content (AvgIpc) is 2.59. The number of hydrogen-bond acceptors (Lipinski definition) is 2. The van der Waals surface area contributed by atoms with Crippen molar-refractivity contribution in [2.75, 3.05) is 0 Å². The molecule has 3 rings (SSSR count). The van der Waals surface area contributed by atoms with E-state index in [0.29, 0.717) is 5.92 Å². The smallest absolute Gasteiger partial charge is 0.0989 e. The van der Waals surface area contributed by atoms with E-state index in [4.69, 9.17) is 0 Å². The lowest BCUT2D eigenvalue weighted by Gasteiger charge is -2.41. The van der Waals surface area contributed by atoms with Crippen LogP contribution in [0.4, 0.5) is 0 Å². The fraction of sp³-hybridized carbons (Fsp3) is 1.00. The van der Waals surface area contributed by atoms with Gasteiger partial charge in [-0.1, -0.05) is 12.8 Å². The predicted octanol–water partition coefficient (Wildman–Crippen LogP) is 1.84. The van der Waals surface area contributed by atoms with Crippen LogP contribution in [0.1, 0.15) is 51.4 Å².